The largest absolute Gasteiger partial charge is 0.338 e. The van der Waals surface area contributed by atoms with Crippen molar-refractivity contribution in [3.05, 3.63) is 12.2 Å². The van der Waals surface area contributed by atoms with Crippen molar-refractivity contribution in [3.8, 4) is 0 Å². The molecule has 0 unspecified atom stereocenters. The first-order valence-electron chi connectivity index (χ1n) is 4.21. The highest BCUT2D eigenvalue weighted by Crippen LogP contribution is 1.92. The van der Waals surface area contributed by atoms with E-state index in [1.807, 2.05) is 13.8 Å². The van der Waals surface area contributed by atoms with Crippen LogP contribution in [0.3, 0.4) is 0 Å². The highest BCUT2D eigenvalue weighted by molar-refractivity contribution is 5.74. The van der Waals surface area contributed by atoms with Gasteiger partial charge in [0.25, 0.3) is 0 Å². The van der Waals surface area contributed by atoms with Crippen LogP contribution in [0, 0.1) is 0 Å². The van der Waals surface area contributed by atoms with E-state index in [0.29, 0.717) is 6.54 Å². The van der Waals surface area contributed by atoms with Crippen LogP contribution in [-0.4, -0.2) is 31.1 Å². The van der Waals surface area contributed by atoms with Gasteiger partial charge in [-0.3, -0.25) is 0 Å². The normalized spacial score (nSPS) is 9.25. The van der Waals surface area contributed by atoms with Crippen LogP contribution in [0.4, 0.5) is 4.79 Å². The molecule has 12 heavy (non-hydrogen) atoms. The first kappa shape index (κ1) is 11.0. The summed E-state index contributed by atoms with van der Waals surface area (Å²) in [5, 5.41) is 2.78. The van der Waals surface area contributed by atoms with Gasteiger partial charge in [0.15, 0.2) is 0 Å². The Morgan fingerprint density at radius 1 is 1.58 bits per heavy atom. The lowest BCUT2D eigenvalue weighted by molar-refractivity contribution is 0.212. The van der Waals surface area contributed by atoms with Crippen LogP contribution in [0.25, 0.3) is 0 Å². The Labute approximate surface area is 74.4 Å². The number of rotatable bonds is 4. The van der Waals surface area contributed by atoms with Gasteiger partial charge in [0, 0.05) is 20.1 Å². The molecule has 0 aliphatic rings. The predicted molar refractivity (Wildman–Crippen MR) is 51.1 cm³/mol. The number of urea groups is 1. The first-order chi connectivity index (χ1) is 5.57. The monoisotopic (exact) mass is 170 g/mol. The van der Waals surface area contributed by atoms with Gasteiger partial charge >= 0.3 is 6.03 Å². The first-order valence-corrected chi connectivity index (χ1v) is 4.21. The van der Waals surface area contributed by atoms with E-state index in [-0.39, 0.29) is 6.03 Å². The standard InChI is InChI=1S/C9H18N2O/c1-5-6-10-9(12)11(4)7-8(2)3/h2,5-7H2,1,3-4H3,(H,10,12). The van der Waals surface area contributed by atoms with E-state index >= 15 is 0 Å². The van der Waals surface area contributed by atoms with E-state index in [1.165, 1.54) is 0 Å². The van der Waals surface area contributed by atoms with Crippen molar-refractivity contribution < 1.29 is 4.79 Å². The SMILES string of the molecule is C=C(C)CN(C)C(=O)NCCC. The number of nitrogens with zero attached hydrogens (tertiary/aromatic N) is 1. The van der Waals surface area contributed by atoms with Crippen LogP contribution >= 0.6 is 0 Å². The summed E-state index contributed by atoms with van der Waals surface area (Å²) in [6.45, 7) is 9.03. The Bertz CT molecular complexity index is 166. The number of hydrogen-bond acceptors (Lipinski definition) is 1. The summed E-state index contributed by atoms with van der Waals surface area (Å²) in [5.41, 5.74) is 0.990. The fraction of sp³-hybridized carbons (Fsp3) is 0.667. The van der Waals surface area contributed by atoms with Crippen LogP contribution in [0.1, 0.15) is 20.3 Å². The second-order valence-corrected chi connectivity index (χ2v) is 3.05. The summed E-state index contributed by atoms with van der Waals surface area (Å²) in [6.07, 6.45) is 0.965. The van der Waals surface area contributed by atoms with Gasteiger partial charge in [-0.25, -0.2) is 4.79 Å². The molecule has 0 heterocycles. The van der Waals surface area contributed by atoms with E-state index < -0.39 is 0 Å². The number of likely N-dealkylation sites (N-methyl/N-ethyl adjacent to an activating group) is 1. The lowest BCUT2D eigenvalue weighted by atomic mass is 10.3. The molecule has 0 atom stereocenters. The van der Waals surface area contributed by atoms with Crippen molar-refractivity contribution in [3.63, 3.8) is 0 Å². The fourth-order valence-electron chi connectivity index (χ4n) is 0.844. The fourth-order valence-corrected chi connectivity index (χ4v) is 0.844. The molecule has 2 amide bonds. The number of carbonyl (C=O) groups excluding carboxylic acids is 1. The minimum Gasteiger partial charge on any atom is -0.338 e. The lowest BCUT2D eigenvalue weighted by Gasteiger charge is -2.17. The molecule has 0 radical (unpaired) electrons. The zero-order chi connectivity index (χ0) is 9.56. The Balaban J connectivity index is 3.69. The molecule has 3 heteroatoms. The smallest absolute Gasteiger partial charge is 0.317 e. The van der Waals surface area contributed by atoms with Crippen LogP contribution < -0.4 is 5.32 Å². The van der Waals surface area contributed by atoms with Crippen LogP contribution in [0.2, 0.25) is 0 Å². The van der Waals surface area contributed by atoms with E-state index in [1.54, 1.807) is 11.9 Å². The van der Waals surface area contributed by atoms with Crippen molar-refractivity contribution in [1.29, 1.82) is 0 Å². The Morgan fingerprint density at radius 3 is 2.58 bits per heavy atom. The summed E-state index contributed by atoms with van der Waals surface area (Å²) in [5.74, 6) is 0. The average Bonchev–Trinajstić information content (AvgIpc) is 1.98. The molecule has 0 fully saturated rings. The molecule has 70 valence electrons. The maximum Gasteiger partial charge on any atom is 0.317 e. The van der Waals surface area contributed by atoms with Crippen molar-refractivity contribution in [2.24, 2.45) is 0 Å². The minimum atomic E-state index is -0.0279. The molecule has 0 aromatic heterocycles. The van der Waals surface area contributed by atoms with Gasteiger partial charge in [-0.1, -0.05) is 19.1 Å². The number of hydrogen-bond donors (Lipinski definition) is 1. The molecule has 0 aromatic rings. The summed E-state index contributed by atoms with van der Waals surface area (Å²) in [7, 11) is 1.76. The zero-order valence-corrected chi connectivity index (χ0v) is 8.18. The number of nitrogens with one attached hydrogen (secondary N) is 1. The molecule has 0 aliphatic carbocycles. The van der Waals surface area contributed by atoms with E-state index in [4.69, 9.17) is 0 Å². The lowest BCUT2D eigenvalue weighted by Crippen LogP contribution is -2.38. The Hall–Kier alpha value is -0.990. The molecule has 0 bridgehead atoms. The third-order valence-corrected chi connectivity index (χ3v) is 1.38. The number of carbonyl (C=O) groups is 1. The molecule has 0 aliphatic heterocycles. The van der Waals surface area contributed by atoms with Crippen molar-refractivity contribution in [1.82, 2.24) is 10.2 Å². The van der Waals surface area contributed by atoms with Gasteiger partial charge in [-0.15, -0.1) is 0 Å². The van der Waals surface area contributed by atoms with Gasteiger partial charge in [0.05, 0.1) is 0 Å². The minimum absolute atomic E-state index is 0.0279. The van der Waals surface area contributed by atoms with Crippen molar-refractivity contribution >= 4 is 6.03 Å². The predicted octanol–water partition coefficient (Wildman–Crippen LogP) is 1.61. The number of amides is 2. The van der Waals surface area contributed by atoms with Gasteiger partial charge in [0.2, 0.25) is 0 Å². The summed E-state index contributed by atoms with van der Waals surface area (Å²) in [6, 6.07) is -0.0279. The van der Waals surface area contributed by atoms with E-state index in [0.717, 1.165) is 18.5 Å². The van der Waals surface area contributed by atoms with Crippen LogP contribution in [0.15, 0.2) is 12.2 Å². The Morgan fingerprint density at radius 2 is 2.17 bits per heavy atom. The van der Waals surface area contributed by atoms with Crippen molar-refractivity contribution in [2.75, 3.05) is 20.1 Å². The van der Waals surface area contributed by atoms with Gasteiger partial charge in [-0.2, -0.15) is 0 Å². The molecule has 0 spiro atoms. The summed E-state index contributed by atoms with van der Waals surface area (Å²) >= 11 is 0. The molecule has 0 saturated heterocycles. The van der Waals surface area contributed by atoms with E-state index in [9.17, 15) is 4.79 Å². The zero-order valence-electron chi connectivity index (χ0n) is 8.18. The van der Waals surface area contributed by atoms with Crippen LogP contribution in [0.5, 0.6) is 0 Å². The van der Waals surface area contributed by atoms with Gasteiger partial charge in [0.1, 0.15) is 0 Å². The highest BCUT2D eigenvalue weighted by atomic mass is 16.2. The summed E-state index contributed by atoms with van der Waals surface area (Å²) in [4.78, 5) is 12.8. The quantitative estimate of drug-likeness (QED) is 0.639. The third-order valence-electron chi connectivity index (χ3n) is 1.38. The van der Waals surface area contributed by atoms with Gasteiger partial charge in [-0.05, 0) is 13.3 Å². The van der Waals surface area contributed by atoms with Gasteiger partial charge < -0.3 is 10.2 Å². The van der Waals surface area contributed by atoms with Crippen LogP contribution in [-0.2, 0) is 0 Å². The topological polar surface area (TPSA) is 32.3 Å². The van der Waals surface area contributed by atoms with E-state index in [2.05, 4.69) is 11.9 Å². The molecule has 0 rings (SSSR count). The highest BCUT2D eigenvalue weighted by Gasteiger charge is 2.05. The molecular weight excluding hydrogens is 152 g/mol. The molecule has 0 saturated carbocycles. The molecule has 1 N–H and O–H groups in total. The summed E-state index contributed by atoms with van der Waals surface area (Å²) < 4.78 is 0. The average molecular weight is 170 g/mol. The third kappa shape index (κ3) is 4.77. The second-order valence-electron chi connectivity index (χ2n) is 3.05. The molecule has 0 aromatic carbocycles. The Kier molecular flexibility index (Phi) is 5.17. The molecule has 3 nitrogen and oxygen atoms in total. The molecular formula is C9H18N2O. The maximum atomic E-state index is 11.2. The maximum absolute atomic E-state index is 11.2. The second kappa shape index (κ2) is 5.63. The van der Waals surface area contributed by atoms with Crippen molar-refractivity contribution in [2.45, 2.75) is 20.3 Å².